The molecule has 0 aliphatic carbocycles. The van der Waals surface area contributed by atoms with Gasteiger partial charge in [-0.3, -0.25) is 4.90 Å². The molecule has 136 valence electrons. The second-order valence-electron chi connectivity index (χ2n) is 7.01. The molecule has 5 nitrogen and oxygen atoms in total. The number of rotatable bonds is 3. The van der Waals surface area contributed by atoms with Gasteiger partial charge in [0.1, 0.15) is 17.5 Å². The highest BCUT2D eigenvalue weighted by molar-refractivity contribution is 5.48. The lowest BCUT2D eigenvalue weighted by Gasteiger charge is -2.32. The van der Waals surface area contributed by atoms with E-state index >= 15 is 0 Å². The average Bonchev–Trinajstić information content (AvgIpc) is 2.95. The van der Waals surface area contributed by atoms with Crippen molar-refractivity contribution in [1.29, 1.82) is 0 Å². The van der Waals surface area contributed by atoms with Gasteiger partial charge < -0.3 is 5.73 Å². The van der Waals surface area contributed by atoms with Gasteiger partial charge in [-0.1, -0.05) is 0 Å². The van der Waals surface area contributed by atoms with Gasteiger partial charge in [0.15, 0.2) is 5.65 Å². The molecule has 1 fully saturated rings. The Morgan fingerprint density at radius 3 is 2.69 bits per heavy atom. The molecule has 2 N–H and O–H groups in total. The number of aryl methyl sites for hydroxylation is 1. The molecule has 1 saturated heterocycles. The summed E-state index contributed by atoms with van der Waals surface area (Å²) >= 11 is 0. The van der Waals surface area contributed by atoms with Crippen LogP contribution in [0.2, 0.25) is 0 Å². The van der Waals surface area contributed by atoms with E-state index in [0.29, 0.717) is 17.9 Å². The number of anilines is 1. The summed E-state index contributed by atoms with van der Waals surface area (Å²) in [5.41, 5.74) is 9.36. The number of benzene rings is 1. The third-order valence-corrected chi connectivity index (χ3v) is 4.85. The maximum absolute atomic E-state index is 13.4. The third kappa shape index (κ3) is 3.39. The van der Waals surface area contributed by atoms with Crippen molar-refractivity contribution in [1.82, 2.24) is 19.5 Å². The topological polar surface area (TPSA) is 59.5 Å². The van der Waals surface area contributed by atoms with Crippen LogP contribution < -0.4 is 5.73 Å². The zero-order chi connectivity index (χ0) is 18.3. The summed E-state index contributed by atoms with van der Waals surface area (Å²) in [6, 6.07) is 7.48. The summed E-state index contributed by atoms with van der Waals surface area (Å²) in [6.45, 7) is 4.12. The molecular formula is C19H21F2N5. The molecule has 0 spiro atoms. The minimum absolute atomic E-state index is 0.240. The van der Waals surface area contributed by atoms with Crippen molar-refractivity contribution < 1.29 is 8.78 Å². The maximum atomic E-state index is 13.4. The van der Waals surface area contributed by atoms with Crippen molar-refractivity contribution in [3.63, 3.8) is 0 Å². The van der Waals surface area contributed by atoms with E-state index in [-0.39, 0.29) is 5.92 Å². The zero-order valence-electron chi connectivity index (χ0n) is 14.6. The minimum atomic E-state index is -0.537. The van der Waals surface area contributed by atoms with E-state index in [1.54, 1.807) is 4.52 Å². The molecule has 0 amide bonds. The first-order chi connectivity index (χ1) is 12.5. The van der Waals surface area contributed by atoms with Crippen molar-refractivity contribution in [3.05, 3.63) is 58.9 Å². The molecule has 1 aliphatic heterocycles. The van der Waals surface area contributed by atoms with Gasteiger partial charge in [0.25, 0.3) is 0 Å². The predicted octanol–water partition coefficient (Wildman–Crippen LogP) is 3.28. The Hall–Kier alpha value is -2.54. The number of nitrogens with two attached hydrogens (primary N) is 1. The Morgan fingerprint density at radius 2 is 1.92 bits per heavy atom. The molecule has 1 unspecified atom stereocenters. The molecule has 7 heteroatoms. The summed E-state index contributed by atoms with van der Waals surface area (Å²) in [4.78, 5) is 6.94. The van der Waals surface area contributed by atoms with Crippen LogP contribution in [-0.2, 0) is 6.54 Å². The van der Waals surface area contributed by atoms with Crippen LogP contribution in [0, 0.1) is 18.6 Å². The smallest absolute Gasteiger partial charge is 0.157 e. The van der Waals surface area contributed by atoms with Gasteiger partial charge in [0.05, 0.1) is 11.4 Å². The largest absolute Gasteiger partial charge is 0.384 e. The number of piperidine rings is 1. The number of likely N-dealkylation sites (tertiary alicyclic amines) is 1. The molecule has 0 bridgehead atoms. The highest BCUT2D eigenvalue weighted by Gasteiger charge is 2.24. The first-order valence-corrected chi connectivity index (χ1v) is 8.78. The zero-order valence-corrected chi connectivity index (χ0v) is 14.6. The summed E-state index contributed by atoms with van der Waals surface area (Å²) in [5, 5.41) is 4.33. The van der Waals surface area contributed by atoms with E-state index in [4.69, 9.17) is 10.7 Å². The molecule has 3 aromatic rings. The second kappa shape index (κ2) is 6.64. The highest BCUT2D eigenvalue weighted by atomic mass is 19.1. The summed E-state index contributed by atoms with van der Waals surface area (Å²) in [6.07, 6.45) is 2.03. The molecule has 1 aromatic carbocycles. The lowest BCUT2D eigenvalue weighted by Crippen LogP contribution is -2.34. The van der Waals surface area contributed by atoms with Gasteiger partial charge >= 0.3 is 0 Å². The number of hydrogen-bond donors (Lipinski definition) is 1. The van der Waals surface area contributed by atoms with Crippen molar-refractivity contribution in [2.24, 2.45) is 0 Å². The normalized spacial score (nSPS) is 18.5. The molecule has 4 rings (SSSR count). The summed E-state index contributed by atoms with van der Waals surface area (Å²) in [5.74, 6) is -0.263. The van der Waals surface area contributed by atoms with E-state index in [9.17, 15) is 8.78 Å². The Balaban J connectivity index is 1.55. The first-order valence-electron chi connectivity index (χ1n) is 8.78. The number of hydrogen-bond acceptors (Lipinski definition) is 4. The number of halogens is 2. The number of nitrogens with zero attached hydrogens (tertiary/aromatic N) is 4. The molecular weight excluding hydrogens is 336 g/mol. The highest BCUT2D eigenvalue weighted by Crippen LogP contribution is 2.28. The van der Waals surface area contributed by atoms with Crippen molar-refractivity contribution in [3.8, 4) is 0 Å². The lowest BCUT2D eigenvalue weighted by molar-refractivity contribution is 0.198. The Bertz CT molecular complexity index is 932. The summed E-state index contributed by atoms with van der Waals surface area (Å²) < 4.78 is 28.5. The molecule has 1 aliphatic rings. The SMILES string of the molecule is Cc1cc2nc(C3CCCN(Cc4cc(F)cc(F)c4)C3)cc(N)n2n1. The number of fused-ring (bicyclic) bond motifs is 1. The minimum Gasteiger partial charge on any atom is -0.384 e. The van der Waals surface area contributed by atoms with Crippen molar-refractivity contribution in [2.75, 3.05) is 18.8 Å². The van der Waals surface area contributed by atoms with Gasteiger partial charge in [-0.05, 0) is 44.0 Å². The van der Waals surface area contributed by atoms with E-state index < -0.39 is 11.6 Å². The summed E-state index contributed by atoms with van der Waals surface area (Å²) in [7, 11) is 0. The second-order valence-corrected chi connectivity index (χ2v) is 7.01. The van der Waals surface area contributed by atoms with Crippen LogP contribution in [0.25, 0.3) is 5.65 Å². The quantitative estimate of drug-likeness (QED) is 0.782. The molecule has 1 atom stereocenters. The fourth-order valence-corrected chi connectivity index (χ4v) is 3.74. The van der Waals surface area contributed by atoms with Gasteiger partial charge in [-0.2, -0.15) is 9.61 Å². The van der Waals surface area contributed by atoms with Crippen LogP contribution in [0.5, 0.6) is 0 Å². The van der Waals surface area contributed by atoms with Crippen molar-refractivity contribution in [2.45, 2.75) is 32.2 Å². The van der Waals surface area contributed by atoms with Crippen LogP contribution in [0.3, 0.4) is 0 Å². The lowest BCUT2D eigenvalue weighted by atomic mass is 9.94. The van der Waals surface area contributed by atoms with E-state index in [0.717, 1.165) is 49.0 Å². The van der Waals surface area contributed by atoms with Crippen LogP contribution >= 0.6 is 0 Å². The van der Waals surface area contributed by atoms with Gasteiger partial charge in [0.2, 0.25) is 0 Å². The number of aromatic nitrogens is 3. The Morgan fingerprint density at radius 1 is 1.15 bits per heavy atom. The molecule has 2 aromatic heterocycles. The van der Waals surface area contributed by atoms with Crippen LogP contribution in [-0.4, -0.2) is 32.6 Å². The predicted molar refractivity (Wildman–Crippen MR) is 95.7 cm³/mol. The Kier molecular flexibility index (Phi) is 4.32. The van der Waals surface area contributed by atoms with Gasteiger partial charge in [0, 0.05) is 37.2 Å². The van der Waals surface area contributed by atoms with Gasteiger partial charge in [-0.25, -0.2) is 13.8 Å². The van der Waals surface area contributed by atoms with Crippen molar-refractivity contribution >= 4 is 11.5 Å². The maximum Gasteiger partial charge on any atom is 0.157 e. The molecule has 0 saturated carbocycles. The third-order valence-electron chi connectivity index (χ3n) is 4.85. The van der Waals surface area contributed by atoms with Gasteiger partial charge in [-0.15, -0.1) is 0 Å². The Labute approximate surface area is 150 Å². The monoisotopic (exact) mass is 357 g/mol. The molecule has 0 radical (unpaired) electrons. The standard InChI is InChI=1S/C19H21F2N5/c1-12-5-19-23-17(9-18(22)26(19)24-12)14-3-2-4-25(11-14)10-13-6-15(20)8-16(21)7-13/h5-9,14H,2-4,10-11,22H2,1H3. The number of nitrogen functional groups attached to an aromatic ring is 1. The average molecular weight is 357 g/mol. The fourth-order valence-electron chi connectivity index (χ4n) is 3.74. The van der Waals surface area contributed by atoms with E-state index in [1.165, 1.54) is 12.1 Å². The fraction of sp³-hybridized carbons (Fsp3) is 0.368. The van der Waals surface area contributed by atoms with E-state index in [2.05, 4.69) is 10.00 Å². The molecule has 3 heterocycles. The van der Waals surface area contributed by atoms with Crippen LogP contribution in [0.15, 0.2) is 30.3 Å². The first kappa shape index (κ1) is 16.9. The van der Waals surface area contributed by atoms with Crippen LogP contribution in [0.4, 0.5) is 14.6 Å². The van der Waals surface area contributed by atoms with Crippen LogP contribution in [0.1, 0.15) is 35.7 Å². The van der Waals surface area contributed by atoms with E-state index in [1.807, 2.05) is 19.1 Å². The molecule has 26 heavy (non-hydrogen) atoms.